The van der Waals surface area contributed by atoms with Gasteiger partial charge in [0.1, 0.15) is 0 Å². The summed E-state index contributed by atoms with van der Waals surface area (Å²) in [5.74, 6) is -0.200. The number of hydrogen-bond donors (Lipinski definition) is 4. The molecule has 27 heavy (non-hydrogen) atoms. The molecule has 0 aliphatic rings. The highest BCUT2D eigenvalue weighted by Crippen LogP contribution is 2.25. The third-order valence-electron chi connectivity index (χ3n) is 4.14. The Labute approximate surface area is 158 Å². The van der Waals surface area contributed by atoms with E-state index in [1.165, 1.54) is 0 Å². The molecule has 0 spiro atoms. The molecule has 3 rings (SSSR count). The number of carbonyl (C=O) groups excluding carboxylic acids is 1. The van der Waals surface area contributed by atoms with Crippen LogP contribution in [0, 0.1) is 5.41 Å². The first-order valence-electron chi connectivity index (χ1n) is 8.97. The number of carbonyl (C=O) groups is 1. The second kappa shape index (κ2) is 8.80. The third kappa shape index (κ3) is 4.61. The van der Waals surface area contributed by atoms with Gasteiger partial charge in [0.25, 0.3) is 5.91 Å². The molecule has 0 saturated carbocycles. The highest BCUT2D eigenvalue weighted by atomic mass is 16.1. The Morgan fingerprint density at radius 3 is 2.81 bits per heavy atom. The third-order valence-corrected chi connectivity index (χ3v) is 4.14. The van der Waals surface area contributed by atoms with Crippen LogP contribution in [-0.2, 0) is 0 Å². The van der Waals surface area contributed by atoms with Crippen molar-refractivity contribution < 1.29 is 4.79 Å². The lowest BCUT2D eigenvalue weighted by Gasteiger charge is -2.07. The zero-order valence-electron chi connectivity index (χ0n) is 15.3. The van der Waals surface area contributed by atoms with Gasteiger partial charge in [-0.2, -0.15) is 0 Å². The summed E-state index contributed by atoms with van der Waals surface area (Å²) in [6.45, 7) is 3.13. The molecule has 0 aliphatic heterocycles. The van der Waals surface area contributed by atoms with Gasteiger partial charge in [0.15, 0.2) is 0 Å². The minimum atomic E-state index is -0.200. The number of amides is 1. The van der Waals surface area contributed by atoms with Gasteiger partial charge in [0.05, 0.1) is 18.0 Å². The van der Waals surface area contributed by atoms with Crippen molar-refractivity contribution in [2.75, 3.05) is 13.1 Å². The molecule has 2 aromatic heterocycles. The summed E-state index contributed by atoms with van der Waals surface area (Å²) in [5.41, 5.74) is 3.76. The predicted octanol–water partition coefficient (Wildman–Crippen LogP) is 3.49. The molecule has 0 saturated heterocycles. The molecule has 3 aromatic rings. The second-order valence-corrected chi connectivity index (χ2v) is 6.17. The van der Waals surface area contributed by atoms with Crippen molar-refractivity contribution in [2.24, 2.45) is 0 Å². The maximum Gasteiger partial charge on any atom is 0.251 e. The molecule has 138 valence electrons. The van der Waals surface area contributed by atoms with Crippen LogP contribution in [0.25, 0.3) is 22.2 Å². The van der Waals surface area contributed by atoms with E-state index in [0.717, 1.165) is 35.1 Å². The Morgan fingerprint density at radius 1 is 1.22 bits per heavy atom. The van der Waals surface area contributed by atoms with Crippen LogP contribution >= 0.6 is 0 Å². The number of hydrogen-bond acceptors (Lipinski definition) is 4. The molecule has 6 heteroatoms. The second-order valence-electron chi connectivity index (χ2n) is 6.17. The first-order chi connectivity index (χ1) is 13.2. The molecule has 0 unspecified atom stereocenters. The van der Waals surface area contributed by atoms with Crippen molar-refractivity contribution >= 4 is 22.5 Å². The van der Waals surface area contributed by atoms with Crippen molar-refractivity contribution in [3.63, 3.8) is 0 Å². The van der Waals surface area contributed by atoms with Crippen molar-refractivity contribution in [3.05, 3.63) is 66.6 Å². The lowest BCUT2D eigenvalue weighted by atomic mass is 10.1. The van der Waals surface area contributed by atoms with Crippen LogP contribution in [0.15, 0.2) is 61.1 Å². The number of rotatable bonds is 8. The zero-order valence-corrected chi connectivity index (χ0v) is 15.3. The Balaban J connectivity index is 1.62. The molecule has 0 aliphatic carbocycles. The van der Waals surface area contributed by atoms with Gasteiger partial charge in [-0.05, 0) is 43.0 Å². The molecular formula is C21H23N5O. The molecule has 0 bridgehead atoms. The Bertz CT molecular complexity index is 956. The van der Waals surface area contributed by atoms with Crippen LogP contribution in [0.4, 0.5) is 0 Å². The van der Waals surface area contributed by atoms with Gasteiger partial charge < -0.3 is 21.0 Å². The van der Waals surface area contributed by atoms with Crippen LogP contribution in [0.1, 0.15) is 23.7 Å². The molecule has 0 atom stereocenters. The number of pyridine rings is 1. The number of fused-ring (bicyclic) bond motifs is 1. The van der Waals surface area contributed by atoms with Crippen LogP contribution in [0.3, 0.4) is 0 Å². The van der Waals surface area contributed by atoms with E-state index in [0.29, 0.717) is 11.3 Å². The van der Waals surface area contributed by atoms with Gasteiger partial charge in [0, 0.05) is 41.0 Å². The number of nitrogens with zero attached hydrogens (tertiary/aromatic N) is 1. The first-order valence-corrected chi connectivity index (χ1v) is 8.97. The summed E-state index contributed by atoms with van der Waals surface area (Å²) in [6, 6.07) is 11.3. The monoisotopic (exact) mass is 361 g/mol. The minimum absolute atomic E-state index is 0.190. The SMILES string of the molecule is CCCN/C=C\C(=N)CNC(=O)c1ccc(-c2nccc3[nH]ccc23)cc1. The lowest BCUT2D eigenvalue weighted by molar-refractivity contribution is 0.0959. The standard InChI is InChI=1S/C21H23N5O/c1-2-10-23-11-7-17(22)14-26-21(27)16-5-3-15(4-6-16)20-18-8-12-24-19(18)9-13-25-20/h3-9,11-13,22-24H,2,10,14H2,1H3,(H,26,27)/b11-7-,22-17?. The predicted molar refractivity (Wildman–Crippen MR) is 109 cm³/mol. The van der Waals surface area contributed by atoms with E-state index in [4.69, 9.17) is 5.41 Å². The van der Waals surface area contributed by atoms with Gasteiger partial charge in [-0.1, -0.05) is 19.1 Å². The molecule has 0 fully saturated rings. The Morgan fingerprint density at radius 2 is 2.04 bits per heavy atom. The van der Waals surface area contributed by atoms with E-state index in [9.17, 15) is 4.79 Å². The topological polar surface area (TPSA) is 93.7 Å². The summed E-state index contributed by atoms with van der Waals surface area (Å²) in [6.07, 6.45) is 8.07. The van der Waals surface area contributed by atoms with E-state index in [-0.39, 0.29) is 12.5 Å². The van der Waals surface area contributed by atoms with Gasteiger partial charge in [-0.25, -0.2) is 0 Å². The van der Waals surface area contributed by atoms with Crippen molar-refractivity contribution in [3.8, 4) is 11.3 Å². The van der Waals surface area contributed by atoms with Crippen LogP contribution in [0.5, 0.6) is 0 Å². The van der Waals surface area contributed by atoms with Crippen molar-refractivity contribution in [2.45, 2.75) is 13.3 Å². The number of benzene rings is 1. The fraction of sp³-hybridized carbons (Fsp3) is 0.190. The van der Waals surface area contributed by atoms with E-state index in [1.54, 1.807) is 30.6 Å². The van der Waals surface area contributed by atoms with Crippen molar-refractivity contribution in [1.82, 2.24) is 20.6 Å². The minimum Gasteiger partial charge on any atom is -0.391 e. The number of aromatic nitrogens is 2. The summed E-state index contributed by atoms with van der Waals surface area (Å²) >= 11 is 0. The van der Waals surface area contributed by atoms with Gasteiger partial charge in [0.2, 0.25) is 0 Å². The normalized spacial score (nSPS) is 11.0. The van der Waals surface area contributed by atoms with E-state index in [1.807, 2.05) is 30.5 Å². The summed E-state index contributed by atoms with van der Waals surface area (Å²) in [5, 5.41) is 14.7. The lowest BCUT2D eigenvalue weighted by Crippen LogP contribution is -2.28. The molecule has 4 N–H and O–H groups in total. The quantitative estimate of drug-likeness (QED) is 0.365. The average molecular weight is 361 g/mol. The maximum absolute atomic E-state index is 12.3. The number of nitrogens with one attached hydrogen (secondary N) is 4. The number of aromatic amines is 1. The summed E-state index contributed by atoms with van der Waals surface area (Å²) in [7, 11) is 0. The average Bonchev–Trinajstić information content (AvgIpc) is 3.18. The van der Waals surface area contributed by atoms with Gasteiger partial charge in [-0.3, -0.25) is 9.78 Å². The summed E-state index contributed by atoms with van der Waals surface area (Å²) in [4.78, 5) is 19.9. The van der Waals surface area contributed by atoms with E-state index in [2.05, 4.69) is 27.5 Å². The molecule has 1 amide bonds. The smallest absolute Gasteiger partial charge is 0.251 e. The van der Waals surface area contributed by atoms with E-state index < -0.39 is 0 Å². The summed E-state index contributed by atoms with van der Waals surface area (Å²) < 4.78 is 0. The number of H-pyrrole nitrogens is 1. The molecule has 1 aromatic carbocycles. The largest absolute Gasteiger partial charge is 0.391 e. The highest BCUT2D eigenvalue weighted by Gasteiger charge is 2.09. The van der Waals surface area contributed by atoms with Gasteiger partial charge in [-0.15, -0.1) is 0 Å². The Kier molecular flexibility index (Phi) is 5.99. The first kappa shape index (κ1) is 18.4. The fourth-order valence-corrected chi connectivity index (χ4v) is 2.72. The molecule has 2 heterocycles. The maximum atomic E-state index is 12.3. The fourth-order valence-electron chi connectivity index (χ4n) is 2.72. The highest BCUT2D eigenvalue weighted by molar-refractivity contribution is 6.00. The molecule has 6 nitrogen and oxygen atoms in total. The zero-order chi connectivity index (χ0) is 19.1. The van der Waals surface area contributed by atoms with Crippen molar-refractivity contribution in [1.29, 1.82) is 5.41 Å². The van der Waals surface area contributed by atoms with Gasteiger partial charge >= 0.3 is 0 Å². The van der Waals surface area contributed by atoms with Crippen LogP contribution in [0.2, 0.25) is 0 Å². The van der Waals surface area contributed by atoms with Crippen LogP contribution in [-0.4, -0.2) is 34.7 Å². The molecular weight excluding hydrogens is 338 g/mol. The molecule has 0 radical (unpaired) electrons. The Hall–Kier alpha value is -3.41. The van der Waals surface area contributed by atoms with Crippen LogP contribution < -0.4 is 10.6 Å². The van der Waals surface area contributed by atoms with E-state index >= 15 is 0 Å².